The molecule has 1 unspecified atom stereocenters. The Morgan fingerprint density at radius 1 is 1.34 bits per heavy atom. The Morgan fingerprint density at radius 2 is 2.06 bits per heavy atom. The quantitative estimate of drug-likeness (QED) is 0.329. The van der Waals surface area contributed by atoms with Crippen molar-refractivity contribution in [2.45, 2.75) is 57.8 Å². The van der Waals surface area contributed by atoms with E-state index in [2.05, 4.69) is 21.8 Å². The molecule has 11 heteroatoms. The van der Waals surface area contributed by atoms with Crippen molar-refractivity contribution in [3.05, 3.63) is 63.5 Å². The van der Waals surface area contributed by atoms with E-state index in [9.17, 15) is 22.8 Å². The summed E-state index contributed by atoms with van der Waals surface area (Å²) in [5.41, 5.74) is -1.08. The molecule has 1 aromatic rings. The van der Waals surface area contributed by atoms with Crippen LogP contribution >= 0.6 is 11.6 Å². The Labute approximate surface area is 205 Å². The van der Waals surface area contributed by atoms with Crippen LogP contribution in [0.5, 0.6) is 0 Å². The molecule has 0 aromatic carbocycles. The van der Waals surface area contributed by atoms with E-state index in [1.54, 1.807) is 13.0 Å². The highest BCUT2D eigenvalue weighted by molar-refractivity contribution is 6.36. The zero-order valence-corrected chi connectivity index (χ0v) is 20.0. The van der Waals surface area contributed by atoms with Crippen LogP contribution in [-0.4, -0.2) is 32.5 Å². The number of alkyl halides is 3. The van der Waals surface area contributed by atoms with Crippen molar-refractivity contribution >= 4 is 28.8 Å². The van der Waals surface area contributed by atoms with E-state index in [0.717, 1.165) is 40.7 Å². The summed E-state index contributed by atoms with van der Waals surface area (Å²) >= 11 is 6.38. The van der Waals surface area contributed by atoms with Gasteiger partial charge in [-0.3, -0.25) is 4.79 Å². The maximum Gasteiger partial charge on any atom is 0.416 e. The second-order valence-electron chi connectivity index (χ2n) is 8.04. The van der Waals surface area contributed by atoms with E-state index in [0.29, 0.717) is 5.57 Å². The molecule has 2 N–H and O–H groups in total. The Morgan fingerprint density at radius 3 is 2.63 bits per heavy atom. The Kier molecular flexibility index (Phi) is 8.12. The molecule has 186 valence electrons. The third-order valence-electron chi connectivity index (χ3n) is 5.75. The topological polar surface area (TPSA) is 81.0 Å². The zero-order valence-electron chi connectivity index (χ0n) is 19.2. The molecule has 0 saturated heterocycles. The van der Waals surface area contributed by atoms with Gasteiger partial charge >= 0.3 is 11.9 Å². The molecule has 2 aliphatic carbocycles. The van der Waals surface area contributed by atoms with Gasteiger partial charge in [0.05, 0.1) is 10.6 Å². The number of hydrogen-bond donors (Lipinski definition) is 2. The van der Waals surface area contributed by atoms with Gasteiger partial charge in [-0.15, -0.1) is 5.10 Å². The number of rotatable bonds is 7. The third-order valence-corrected chi connectivity index (χ3v) is 6.07. The van der Waals surface area contributed by atoms with Gasteiger partial charge in [0, 0.05) is 29.6 Å². The number of carbonyl (C=O) groups excluding carboxylic acids is 1. The molecule has 0 aliphatic heterocycles. The van der Waals surface area contributed by atoms with Gasteiger partial charge in [-0.2, -0.15) is 13.2 Å². The van der Waals surface area contributed by atoms with Crippen molar-refractivity contribution in [3.63, 3.8) is 0 Å². The monoisotopic (exact) mass is 507 g/mol. The molecule has 1 fully saturated rings. The first-order chi connectivity index (χ1) is 16.6. The van der Waals surface area contributed by atoms with Gasteiger partial charge in [-0.05, 0) is 51.7 Å². The van der Waals surface area contributed by atoms with Gasteiger partial charge in [0.1, 0.15) is 6.04 Å². The standard InChI is InChI=1S/C24H25ClF3N5O2/c1-4-19(20(25)14-29-5-2)21-31-33(15(3)22(34)30-17-9-7-10-17)23(35)32(21)18-11-6-8-16(12-13-18)24(26,27)28/h2,4,8,11-15,17,29H,6-7,9-10H2,1,3H3,(H,30,34)/b19-4+,20-14+. The van der Waals surface area contributed by atoms with Crippen molar-refractivity contribution in [3.8, 4) is 12.5 Å². The lowest BCUT2D eigenvalue weighted by molar-refractivity contribution is -0.125. The average Bonchev–Trinajstić information content (AvgIpc) is 2.95. The summed E-state index contributed by atoms with van der Waals surface area (Å²) in [6.45, 7) is 3.19. The lowest BCUT2D eigenvalue weighted by Gasteiger charge is -2.27. The summed E-state index contributed by atoms with van der Waals surface area (Å²) in [6.07, 6.45) is 10.8. The first kappa shape index (κ1) is 26.2. The molecule has 3 rings (SSSR count). The molecule has 1 atom stereocenters. The van der Waals surface area contributed by atoms with Crippen LogP contribution in [0.1, 0.15) is 51.4 Å². The lowest BCUT2D eigenvalue weighted by atomic mass is 9.93. The Balaban J connectivity index is 2.10. The molecular formula is C24H25ClF3N5O2. The molecule has 0 bridgehead atoms. The van der Waals surface area contributed by atoms with Crippen LogP contribution < -0.4 is 16.3 Å². The van der Waals surface area contributed by atoms with Gasteiger partial charge in [0.25, 0.3) is 0 Å². The number of amides is 1. The first-order valence-corrected chi connectivity index (χ1v) is 11.4. The van der Waals surface area contributed by atoms with Gasteiger partial charge in [0.15, 0.2) is 5.82 Å². The maximum atomic E-state index is 13.5. The number of nitrogens with one attached hydrogen (secondary N) is 2. The highest BCUT2D eigenvalue weighted by Gasteiger charge is 2.33. The summed E-state index contributed by atoms with van der Waals surface area (Å²) < 4.78 is 41.8. The molecule has 2 aliphatic rings. The average molecular weight is 508 g/mol. The Hall–Kier alpha value is -3.45. The van der Waals surface area contributed by atoms with E-state index in [1.807, 2.05) is 0 Å². The first-order valence-electron chi connectivity index (χ1n) is 11.0. The van der Waals surface area contributed by atoms with Crippen LogP contribution in [0.4, 0.5) is 13.2 Å². The molecule has 1 saturated carbocycles. The molecule has 35 heavy (non-hydrogen) atoms. The van der Waals surface area contributed by atoms with E-state index >= 15 is 0 Å². The van der Waals surface area contributed by atoms with Crippen molar-refractivity contribution in [1.82, 2.24) is 25.0 Å². The van der Waals surface area contributed by atoms with Gasteiger partial charge in [-0.1, -0.05) is 36.3 Å². The summed E-state index contributed by atoms with van der Waals surface area (Å²) in [7, 11) is 0. The molecule has 0 spiro atoms. The molecular weight excluding hydrogens is 483 g/mol. The third kappa shape index (κ3) is 5.80. The number of carbonyl (C=O) groups is 1. The van der Waals surface area contributed by atoms with Crippen molar-refractivity contribution in [2.24, 2.45) is 0 Å². The van der Waals surface area contributed by atoms with Gasteiger partial charge in [0.2, 0.25) is 5.91 Å². The fourth-order valence-corrected chi connectivity index (χ4v) is 3.83. The minimum absolute atomic E-state index is 0.0484. The smallest absolute Gasteiger partial charge is 0.352 e. The van der Waals surface area contributed by atoms with Crippen LogP contribution in [0.25, 0.3) is 11.3 Å². The van der Waals surface area contributed by atoms with Crippen LogP contribution in [0.15, 0.2) is 52.0 Å². The van der Waals surface area contributed by atoms with Crippen LogP contribution in [-0.2, 0) is 4.79 Å². The van der Waals surface area contributed by atoms with E-state index in [1.165, 1.54) is 25.3 Å². The number of terminal acetylenes is 1. The second-order valence-corrected chi connectivity index (χ2v) is 8.44. The lowest BCUT2D eigenvalue weighted by Crippen LogP contribution is -2.44. The highest BCUT2D eigenvalue weighted by atomic mass is 35.5. The van der Waals surface area contributed by atoms with E-state index in [-0.39, 0.29) is 34.9 Å². The highest BCUT2D eigenvalue weighted by Crippen LogP contribution is 2.31. The number of nitrogens with zero attached hydrogens (tertiary/aromatic N) is 3. The summed E-state index contributed by atoms with van der Waals surface area (Å²) in [5.74, 6) is -0.329. The van der Waals surface area contributed by atoms with Crippen LogP contribution in [0, 0.1) is 12.5 Å². The van der Waals surface area contributed by atoms with E-state index in [4.69, 9.17) is 18.0 Å². The van der Waals surface area contributed by atoms with Crippen molar-refractivity contribution in [2.75, 3.05) is 0 Å². The fraction of sp³-hybridized carbons (Fsp3) is 0.375. The molecule has 1 amide bonds. The zero-order chi connectivity index (χ0) is 25.8. The SMILES string of the molecule is C#CN/C=C(Cl)\C(=C/C)c1nn(C(C)C(=O)NC2CCC2)c(=O)n1C1=CCC=C(C(F)(F)F)C=C1. The number of hydrogen-bond acceptors (Lipinski definition) is 4. The second kappa shape index (κ2) is 10.9. The van der Waals surface area contributed by atoms with E-state index < -0.39 is 23.5 Å². The Bertz CT molecular complexity index is 1240. The maximum absolute atomic E-state index is 13.5. The van der Waals surface area contributed by atoms with Crippen LogP contribution in [0.3, 0.4) is 0 Å². The molecule has 7 nitrogen and oxygen atoms in total. The minimum atomic E-state index is -4.53. The normalized spacial score (nSPS) is 18.1. The predicted molar refractivity (Wildman–Crippen MR) is 129 cm³/mol. The number of allylic oxidation sites excluding steroid dienone is 9. The minimum Gasteiger partial charge on any atom is -0.352 e. The van der Waals surface area contributed by atoms with Crippen molar-refractivity contribution < 1.29 is 18.0 Å². The summed E-state index contributed by atoms with van der Waals surface area (Å²) in [4.78, 5) is 26.2. The van der Waals surface area contributed by atoms with Crippen LogP contribution in [0.2, 0.25) is 0 Å². The summed E-state index contributed by atoms with van der Waals surface area (Å²) in [5, 5.41) is 9.88. The summed E-state index contributed by atoms with van der Waals surface area (Å²) in [6, 6.07) is 1.28. The number of aromatic nitrogens is 3. The number of halogens is 4. The van der Waals surface area contributed by atoms with Gasteiger partial charge < -0.3 is 10.6 Å². The molecule has 0 radical (unpaired) electrons. The van der Waals surface area contributed by atoms with Crippen molar-refractivity contribution in [1.29, 1.82) is 0 Å². The van der Waals surface area contributed by atoms with Gasteiger partial charge in [-0.25, -0.2) is 14.0 Å². The molecule has 1 aromatic heterocycles. The fourth-order valence-electron chi connectivity index (χ4n) is 3.58. The predicted octanol–water partition coefficient (Wildman–Crippen LogP) is 4.23. The molecule has 1 heterocycles. The largest absolute Gasteiger partial charge is 0.416 e.